The van der Waals surface area contributed by atoms with Crippen molar-refractivity contribution in [2.45, 2.75) is 103 Å². The Morgan fingerprint density at radius 3 is 2.53 bits per heavy atom. The second kappa shape index (κ2) is 15.3. The van der Waals surface area contributed by atoms with E-state index in [2.05, 4.69) is 65.4 Å². The van der Waals surface area contributed by atoms with Gasteiger partial charge in [-0.3, -0.25) is 9.47 Å². The van der Waals surface area contributed by atoms with E-state index in [0.29, 0.717) is 30.0 Å². The van der Waals surface area contributed by atoms with Crippen LogP contribution in [0.4, 0.5) is 5.82 Å². The van der Waals surface area contributed by atoms with E-state index in [-0.39, 0.29) is 31.2 Å². The van der Waals surface area contributed by atoms with Crippen molar-refractivity contribution in [1.29, 1.82) is 5.26 Å². The highest BCUT2D eigenvalue weighted by atomic mass is 16.7. The number of likely N-dealkylation sites (N-methyl/N-ethyl adjacent to an activating group) is 1. The van der Waals surface area contributed by atoms with Crippen LogP contribution in [0.1, 0.15) is 66.5 Å². The van der Waals surface area contributed by atoms with Gasteiger partial charge in [0.1, 0.15) is 24.4 Å². The first-order valence-corrected chi connectivity index (χ1v) is 15.5. The molecule has 0 radical (unpaired) electrons. The summed E-state index contributed by atoms with van der Waals surface area (Å²) in [7, 11) is 6.08. The molecular formula is C30H49N9O4. The number of hydrogen-bond donors (Lipinski definition) is 0. The molecule has 5 atom stereocenters. The number of likely N-dealkylation sites (tertiary alicyclic amines) is 1. The monoisotopic (exact) mass is 599 g/mol. The molecule has 4 rings (SSSR count). The van der Waals surface area contributed by atoms with Gasteiger partial charge in [0, 0.05) is 38.6 Å². The van der Waals surface area contributed by atoms with Crippen molar-refractivity contribution >= 4 is 22.8 Å². The summed E-state index contributed by atoms with van der Waals surface area (Å²) in [6, 6.07) is 2.46. The van der Waals surface area contributed by atoms with Gasteiger partial charge in [0.05, 0.1) is 38.1 Å². The van der Waals surface area contributed by atoms with Crippen LogP contribution in [-0.2, 0) is 18.9 Å². The molecule has 2 aliphatic heterocycles. The molecule has 0 aromatic carbocycles. The van der Waals surface area contributed by atoms with E-state index >= 15 is 0 Å². The Morgan fingerprint density at radius 2 is 1.91 bits per heavy atom. The normalized spacial score (nSPS) is 24.4. The van der Waals surface area contributed by atoms with Gasteiger partial charge in [0.2, 0.25) is 6.41 Å². The lowest BCUT2D eigenvalue weighted by Crippen LogP contribution is -2.52. The predicted octanol–water partition coefficient (Wildman–Crippen LogP) is 3.55. The van der Waals surface area contributed by atoms with Gasteiger partial charge < -0.3 is 28.7 Å². The largest absolute Gasteiger partial charge is 0.369 e. The highest BCUT2D eigenvalue weighted by Crippen LogP contribution is 2.38. The average Bonchev–Trinajstić information content (AvgIpc) is 3.66. The number of fused-ring (bicyclic) bond motifs is 1. The first-order valence-electron chi connectivity index (χ1n) is 15.5. The van der Waals surface area contributed by atoms with Crippen molar-refractivity contribution in [3.63, 3.8) is 0 Å². The summed E-state index contributed by atoms with van der Waals surface area (Å²) >= 11 is 0. The predicted molar refractivity (Wildman–Crippen MR) is 164 cm³/mol. The fourth-order valence-electron chi connectivity index (χ4n) is 5.76. The van der Waals surface area contributed by atoms with Crippen LogP contribution in [0.5, 0.6) is 0 Å². The molecule has 2 aliphatic rings. The van der Waals surface area contributed by atoms with E-state index in [1.54, 1.807) is 6.33 Å². The number of aliphatic imine (C=N–C) groups is 1. The zero-order valence-corrected chi connectivity index (χ0v) is 27.0. The van der Waals surface area contributed by atoms with Gasteiger partial charge in [-0.05, 0) is 54.6 Å². The molecule has 0 aliphatic carbocycles. The Hall–Kier alpha value is -2.73. The molecular weight excluding hydrogens is 550 g/mol. The molecule has 0 saturated carbocycles. The summed E-state index contributed by atoms with van der Waals surface area (Å²) in [5.74, 6) is 1.55. The van der Waals surface area contributed by atoms with Crippen molar-refractivity contribution in [1.82, 2.24) is 34.2 Å². The van der Waals surface area contributed by atoms with Crippen LogP contribution in [0, 0.1) is 11.3 Å². The maximum absolute atomic E-state index is 9.17. The van der Waals surface area contributed by atoms with Crippen LogP contribution >= 0.6 is 0 Å². The molecule has 2 aromatic rings. The SMILES string of the molecule is CC[C@H]1O[C@@H](n2cnc3c(N=C4CCCN4C)ncnc32)[C@H](OCCN(C)C)[C@@H]1OC(OCCC#N)N(C(C)C)C(C)C. The molecule has 0 N–H and O–H groups in total. The van der Waals surface area contributed by atoms with Crippen molar-refractivity contribution in [3.05, 3.63) is 12.7 Å². The third-order valence-corrected chi connectivity index (χ3v) is 7.90. The summed E-state index contributed by atoms with van der Waals surface area (Å²) in [5.41, 5.74) is 1.25. The molecule has 0 bridgehead atoms. The third-order valence-electron chi connectivity index (χ3n) is 7.90. The van der Waals surface area contributed by atoms with E-state index in [1.165, 1.54) is 6.33 Å². The number of nitrogens with zero attached hydrogens (tertiary/aromatic N) is 9. The fraction of sp³-hybridized carbons (Fsp3) is 0.767. The highest BCUT2D eigenvalue weighted by molar-refractivity contribution is 5.90. The lowest BCUT2D eigenvalue weighted by atomic mass is 10.1. The number of aromatic nitrogens is 4. The number of rotatable bonds is 15. The molecule has 2 fully saturated rings. The quantitative estimate of drug-likeness (QED) is 0.220. The standard InChI is InChI=1S/C30H49N9O4/c1-9-22-25(43-30(41-16-11-13-31)39(20(2)3)21(4)5)26(40-17-15-36(6)7)29(42-22)38-19-34-24-27(32-18-33-28(24)38)35-23-12-10-14-37(23)8/h18-22,25-26,29-30H,9-12,14-17H2,1-8H3/t22-,25-,26-,29-,30?/m1/s1. The lowest BCUT2D eigenvalue weighted by molar-refractivity contribution is -0.274. The number of nitriles is 1. The highest BCUT2D eigenvalue weighted by Gasteiger charge is 2.49. The molecule has 0 amide bonds. The maximum Gasteiger partial charge on any atom is 0.219 e. The molecule has 238 valence electrons. The summed E-state index contributed by atoms with van der Waals surface area (Å²) < 4.78 is 28.2. The van der Waals surface area contributed by atoms with Crippen molar-refractivity contribution in [2.24, 2.45) is 4.99 Å². The Bertz CT molecular complexity index is 1240. The minimum Gasteiger partial charge on any atom is -0.369 e. The van der Waals surface area contributed by atoms with Gasteiger partial charge in [-0.25, -0.2) is 19.9 Å². The van der Waals surface area contributed by atoms with E-state index in [1.807, 2.05) is 25.7 Å². The number of amidine groups is 1. The van der Waals surface area contributed by atoms with Gasteiger partial charge in [0.25, 0.3) is 0 Å². The van der Waals surface area contributed by atoms with Crippen LogP contribution in [0.2, 0.25) is 0 Å². The van der Waals surface area contributed by atoms with Crippen LogP contribution in [-0.4, -0.2) is 124 Å². The van der Waals surface area contributed by atoms with Crippen LogP contribution in [0.3, 0.4) is 0 Å². The molecule has 1 unspecified atom stereocenters. The van der Waals surface area contributed by atoms with E-state index in [4.69, 9.17) is 34.2 Å². The van der Waals surface area contributed by atoms with Crippen molar-refractivity contribution in [3.8, 4) is 6.07 Å². The summed E-state index contributed by atoms with van der Waals surface area (Å²) in [6.45, 7) is 13.0. The molecule has 2 saturated heterocycles. The number of ether oxygens (including phenoxy) is 4. The van der Waals surface area contributed by atoms with Gasteiger partial charge >= 0.3 is 0 Å². The van der Waals surface area contributed by atoms with Gasteiger partial charge in [-0.15, -0.1) is 0 Å². The van der Waals surface area contributed by atoms with Crippen LogP contribution < -0.4 is 0 Å². The first-order chi connectivity index (χ1) is 20.7. The Kier molecular flexibility index (Phi) is 11.8. The lowest BCUT2D eigenvalue weighted by Gasteiger charge is -2.39. The summed E-state index contributed by atoms with van der Waals surface area (Å²) in [6.07, 6.45) is 3.81. The Morgan fingerprint density at radius 1 is 1.14 bits per heavy atom. The van der Waals surface area contributed by atoms with Crippen LogP contribution in [0.15, 0.2) is 17.6 Å². The second-order valence-corrected chi connectivity index (χ2v) is 12.0. The molecule has 2 aromatic heterocycles. The first kappa shape index (κ1) is 33.2. The molecule has 13 heteroatoms. The minimum atomic E-state index is -0.678. The third kappa shape index (κ3) is 7.87. The fourth-order valence-corrected chi connectivity index (χ4v) is 5.76. The Labute approximate surface area is 255 Å². The average molecular weight is 600 g/mol. The minimum absolute atomic E-state index is 0.145. The maximum atomic E-state index is 9.17. The van der Waals surface area contributed by atoms with Gasteiger partial charge in [-0.1, -0.05) is 6.92 Å². The van der Waals surface area contributed by atoms with Crippen LogP contribution in [0.25, 0.3) is 11.2 Å². The summed E-state index contributed by atoms with van der Waals surface area (Å²) in [4.78, 5) is 25.0. The molecule has 13 nitrogen and oxygen atoms in total. The zero-order chi connectivity index (χ0) is 31.1. The van der Waals surface area contributed by atoms with Gasteiger partial charge in [-0.2, -0.15) is 5.26 Å². The van der Waals surface area contributed by atoms with Crippen molar-refractivity contribution < 1.29 is 18.9 Å². The van der Waals surface area contributed by atoms with E-state index in [0.717, 1.165) is 31.8 Å². The van der Waals surface area contributed by atoms with Gasteiger partial charge in [0.15, 0.2) is 23.2 Å². The number of imidazole rings is 1. The molecule has 0 spiro atoms. The Balaban J connectivity index is 1.70. The second-order valence-electron chi connectivity index (χ2n) is 12.0. The molecule has 43 heavy (non-hydrogen) atoms. The van der Waals surface area contributed by atoms with Crippen molar-refractivity contribution in [2.75, 3.05) is 47.4 Å². The summed E-state index contributed by atoms with van der Waals surface area (Å²) in [5, 5.41) is 9.17. The topological polar surface area (TPSA) is 126 Å². The molecule has 4 heterocycles. The van der Waals surface area contributed by atoms with E-state index < -0.39 is 24.8 Å². The number of hydrogen-bond acceptors (Lipinski definition) is 11. The van der Waals surface area contributed by atoms with E-state index in [9.17, 15) is 0 Å². The smallest absolute Gasteiger partial charge is 0.219 e. The zero-order valence-electron chi connectivity index (χ0n) is 27.0.